The number of Topliss-reactive ketones (excluding diaryl/α,β-unsaturated/α-hetero) is 1. The SMILES string of the molecule is Cc1noc(C)c1-c1cnc(C(=O)Cc2ccc(F)c(CNc3cccnc3N)c2)cn1. The fourth-order valence-corrected chi connectivity index (χ4v) is 3.36. The van der Waals surface area contributed by atoms with Crippen LogP contribution in [0.5, 0.6) is 0 Å². The summed E-state index contributed by atoms with van der Waals surface area (Å²) in [4.78, 5) is 25.3. The molecule has 0 unspecified atom stereocenters. The second-order valence-electron chi connectivity index (χ2n) is 7.30. The van der Waals surface area contributed by atoms with Crippen molar-refractivity contribution >= 4 is 17.3 Å². The highest BCUT2D eigenvalue weighted by Crippen LogP contribution is 2.24. The van der Waals surface area contributed by atoms with Gasteiger partial charge < -0.3 is 15.6 Å². The smallest absolute Gasteiger partial charge is 0.187 e. The second kappa shape index (κ2) is 8.93. The van der Waals surface area contributed by atoms with Crippen molar-refractivity contribution in [2.45, 2.75) is 26.8 Å². The zero-order valence-electron chi connectivity index (χ0n) is 17.6. The number of aryl methyl sites for hydroxylation is 2. The van der Waals surface area contributed by atoms with Crippen LogP contribution in [-0.2, 0) is 13.0 Å². The van der Waals surface area contributed by atoms with Crippen LogP contribution in [-0.4, -0.2) is 25.9 Å². The van der Waals surface area contributed by atoms with Gasteiger partial charge in [0.15, 0.2) is 5.78 Å². The number of carbonyl (C=O) groups excluding carboxylic acids is 1. The molecule has 8 nitrogen and oxygen atoms in total. The molecule has 4 aromatic rings. The highest BCUT2D eigenvalue weighted by molar-refractivity contribution is 5.95. The van der Waals surface area contributed by atoms with E-state index < -0.39 is 0 Å². The number of nitrogens with one attached hydrogen (secondary N) is 1. The second-order valence-corrected chi connectivity index (χ2v) is 7.30. The molecule has 3 heterocycles. The summed E-state index contributed by atoms with van der Waals surface area (Å²) < 4.78 is 19.4. The third kappa shape index (κ3) is 4.46. The Morgan fingerprint density at radius 3 is 2.69 bits per heavy atom. The lowest BCUT2D eigenvalue weighted by Crippen LogP contribution is -2.09. The van der Waals surface area contributed by atoms with Crippen LogP contribution in [0.25, 0.3) is 11.3 Å². The molecule has 0 aliphatic rings. The number of hydrogen-bond donors (Lipinski definition) is 2. The maximum Gasteiger partial charge on any atom is 0.187 e. The Morgan fingerprint density at radius 1 is 1.16 bits per heavy atom. The number of nitrogen functional groups attached to an aromatic ring is 1. The molecule has 0 amide bonds. The number of rotatable bonds is 7. The Bertz CT molecular complexity index is 1250. The minimum atomic E-state index is -0.375. The molecule has 1 aromatic carbocycles. The number of nitrogens with zero attached hydrogens (tertiary/aromatic N) is 4. The van der Waals surface area contributed by atoms with Gasteiger partial charge in [-0.15, -0.1) is 0 Å². The molecule has 3 aromatic heterocycles. The first-order valence-corrected chi connectivity index (χ1v) is 9.92. The van der Waals surface area contributed by atoms with Crippen LogP contribution in [0.15, 0.2) is 53.4 Å². The number of aromatic nitrogens is 4. The zero-order chi connectivity index (χ0) is 22.7. The lowest BCUT2D eigenvalue weighted by Gasteiger charge is -2.10. The standard InChI is InChI=1S/C23H21FN6O2/c1-13-22(14(2)32-30-13)20-12-28-19(11-29-20)21(31)9-15-5-6-17(24)16(8-15)10-27-18-4-3-7-26-23(18)25/h3-8,11-12,27H,9-10H2,1-2H3,(H2,25,26). The molecule has 4 rings (SSSR count). The van der Waals surface area contributed by atoms with Gasteiger partial charge in [0, 0.05) is 24.7 Å². The van der Waals surface area contributed by atoms with Crippen molar-refractivity contribution in [1.82, 2.24) is 20.1 Å². The van der Waals surface area contributed by atoms with Gasteiger partial charge in [-0.25, -0.2) is 14.4 Å². The van der Waals surface area contributed by atoms with Crippen molar-refractivity contribution < 1.29 is 13.7 Å². The van der Waals surface area contributed by atoms with Gasteiger partial charge in [-0.2, -0.15) is 0 Å². The first kappa shape index (κ1) is 21.1. The minimum absolute atomic E-state index is 0.0711. The lowest BCUT2D eigenvalue weighted by atomic mass is 10.0. The van der Waals surface area contributed by atoms with Crippen LogP contribution < -0.4 is 11.1 Å². The zero-order valence-corrected chi connectivity index (χ0v) is 17.6. The van der Waals surface area contributed by atoms with Crippen LogP contribution in [0.2, 0.25) is 0 Å². The third-order valence-corrected chi connectivity index (χ3v) is 5.01. The summed E-state index contributed by atoms with van der Waals surface area (Å²) in [5, 5.41) is 6.97. The predicted molar refractivity (Wildman–Crippen MR) is 117 cm³/mol. The summed E-state index contributed by atoms with van der Waals surface area (Å²) in [7, 11) is 0. The van der Waals surface area contributed by atoms with E-state index in [1.54, 1.807) is 37.4 Å². The van der Waals surface area contributed by atoms with E-state index in [1.807, 2.05) is 6.92 Å². The quantitative estimate of drug-likeness (QED) is 0.422. The van der Waals surface area contributed by atoms with Crippen molar-refractivity contribution in [2.75, 3.05) is 11.1 Å². The Morgan fingerprint density at radius 2 is 2.00 bits per heavy atom. The van der Waals surface area contributed by atoms with Crippen LogP contribution >= 0.6 is 0 Å². The molecular weight excluding hydrogens is 411 g/mol. The maximum absolute atomic E-state index is 14.3. The molecule has 0 aliphatic heterocycles. The first-order valence-electron chi connectivity index (χ1n) is 9.92. The van der Waals surface area contributed by atoms with E-state index in [4.69, 9.17) is 10.3 Å². The maximum atomic E-state index is 14.3. The summed E-state index contributed by atoms with van der Waals surface area (Å²) >= 11 is 0. The van der Waals surface area contributed by atoms with Crippen LogP contribution in [0.1, 0.15) is 33.1 Å². The number of pyridine rings is 1. The highest BCUT2D eigenvalue weighted by Gasteiger charge is 2.16. The van der Waals surface area contributed by atoms with Crippen molar-refractivity contribution in [1.29, 1.82) is 0 Å². The molecule has 0 spiro atoms. The molecule has 162 valence electrons. The molecule has 9 heteroatoms. The van der Waals surface area contributed by atoms with E-state index in [-0.39, 0.29) is 30.3 Å². The molecule has 0 atom stereocenters. The Kier molecular flexibility index (Phi) is 5.89. The molecule has 0 aliphatic carbocycles. The van der Waals surface area contributed by atoms with Crippen molar-refractivity contribution in [2.24, 2.45) is 0 Å². The van der Waals surface area contributed by atoms with Crippen molar-refractivity contribution in [3.05, 3.63) is 83.0 Å². The minimum Gasteiger partial charge on any atom is -0.382 e. The largest absolute Gasteiger partial charge is 0.382 e. The monoisotopic (exact) mass is 432 g/mol. The fourth-order valence-electron chi connectivity index (χ4n) is 3.36. The molecule has 0 saturated carbocycles. The molecule has 0 saturated heterocycles. The van der Waals surface area contributed by atoms with Crippen LogP contribution in [0.4, 0.5) is 15.9 Å². The van der Waals surface area contributed by atoms with Gasteiger partial charge >= 0.3 is 0 Å². The van der Waals surface area contributed by atoms with Gasteiger partial charge in [-0.3, -0.25) is 9.78 Å². The summed E-state index contributed by atoms with van der Waals surface area (Å²) in [5.41, 5.74) is 9.79. The topological polar surface area (TPSA) is 120 Å². The van der Waals surface area contributed by atoms with E-state index in [0.29, 0.717) is 39.8 Å². The first-order chi connectivity index (χ1) is 15.4. The predicted octanol–water partition coefficient (Wildman–Crippen LogP) is 3.90. The Hall–Kier alpha value is -4.14. The van der Waals surface area contributed by atoms with E-state index in [0.717, 1.165) is 5.56 Å². The fraction of sp³-hybridized carbons (Fsp3) is 0.174. The van der Waals surface area contributed by atoms with Crippen LogP contribution in [0, 0.1) is 19.7 Å². The molecular formula is C23H21FN6O2. The van der Waals surface area contributed by atoms with Gasteiger partial charge in [0.05, 0.1) is 35.0 Å². The Labute approximate surface area is 183 Å². The highest BCUT2D eigenvalue weighted by atomic mass is 19.1. The summed E-state index contributed by atoms with van der Waals surface area (Å²) in [5.74, 6) is 0.374. The summed E-state index contributed by atoms with van der Waals surface area (Å²) in [6.45, 7) is 3.81. The molecule has 32 heavy (non-hydrogen) atoms. The molecule has 0 radical (unpaired) electrons. The van der Waals surface area contributed by atoms with Gasteiger partial charge in [-0.1, -0.05) is 17.3 Å². The number of ketones is 1. The normalized spacial score (nSPS) is 10.8. The third-order valence-electron chi connectivity index (χ3n) is 5.01. The van der Waals surface area contributed by atoms with Crippen molar-refractivity contribution in [3.8, 4) is 11.3 Å². The number of nitrogens with two attached hydrogens (primary N) is 1. The number of hydrogen-bond acceptors (Lipinski definition) is 8. The van der Waals surface area contributed by atoms with Gasteiger partial charge in [0.25, 0.3) is 0 Å². The average molecular weight is 432 g/mol. The number of carbonyl (C=O) groups is 1. The molecule has 0 fully saturated rings. The lowest BCUT2D eigenvalue weighted by molar-refractivity contribution is 0.0988. The van der Waals surface area contributed by atoms with Crippen LogP contribution in [0.3, 0.4) is 0 Å². The van der Waals surface area contributed by atoms with Gasteiger partial charge in [0.1, 0.15) is 23.1 Å². The number of anilines is 2. The molecule has 0 bridgehead atoms. The van der Waals surface area contributed by atoms with Gasteiger partial charge in [0.2, 0.25) is 0 Å². The Balaban J connectivity index is 1.46. The summed E-state index contributed by atoms with van der Waals surface area (Å²) in [6.07, 6.45) is 4.61. The van der Waals surface area contributed by atoms with Crippen molar-refractivity contribution in [3.63, 3.8) is 0 Å². The van der Waals surface area contributed by atoms with E-state index in [1.165, 1.54) is 18.5 Å². The van der Waals surface area contributed by atoms with E-state index in [9.17, 15) is 9.18 Å². The van der Waals surface area contributed by atoms with Gasteiger partial charge in [-0.05, 0) is 37.6 Å². The summed E-state index contributed by atoms with van der Waals surface area (Å²) in [6, 6.07) is 8.08. The number of halogens is 1. The average Bonchev–Trinajstić information content (AvgIpc) is 3.13. The van der Waals surface area contributed by atoms with E-state index >= 15 is 0 Å². The van der Waals surface area contributed by atoms with E-state index in [2.05, 4.69) is 25.4 Å². The molecule has 3 N–H and O–H groups in total. The number of benzene rings is 1.